The van der Waals surface area contributed by atoms with E-state index in [0.717, 1.165) is 27.8 Å². The van der Waals surface area contributed by atoms with E-state index in [1.165, 1.54) is 5.56 Å². The highest BCUT2D eigenvalue weighted by Crippen LogP contribution is 2.29. The van der Waals surface area contributed by atoms with Crippen molar-refractivity contribution in [1.82, 2.24) is 5.16 Å². The summed E-state index contributed by atoms with van der Waals surface area (Å²) in [6.07, 6.45) is 1.83. The van der Waals surface area contributed by atoms with Gasteiger partial charge in [0.15, 0.2) is 5.76 Å². The van der Waals surface area contributed by atoms with Crippen LogP contribution in [-0.4, -0.2) is 5.16 Å². The second-order valence-corrected chi connectivity index (χ2v) is 4.36. The Morgan fingerprint density at radius 2 is 2.06 bits per heavy atom. The number of nitrogens with zero attached hydrogens (tertiary/aromatic N) is 1. The summed E-state index contributed by atoms with van der Waals surface area (Å²) in [5.41, 5.74) is 4.20. The van der Waals surface area contributed by atoms with Crippen molar-refractivity contribution >= 4 is 17.0 Å². The number of aromatic nitrogens is 1. The van der Waals surface area contributed by atoms with E-state index >= 15 is 0 Å². The van der Waals surface area contributed by atoms with Crippen molar-refractivity contribution in [1.29, 1.82) is 0 Å². The van der Waals surface area contributed by atoms with Gasteiger partial charge in [-0.1, -0.05) is 47.6 Å². The zero-order valence-electron chi connectivity index (χ0n) is 10.2. The average molecular weight is 235 g/mol. The van der Waals surface area contributed by atoms with Gasteiger partial charge >= 0.3 is 0 Å². The second kappa shape index (κ2) is 4.15. The van der Waals surface area contributed by atoms with Gasteiger partial charge in [-0.05, 0) is 30.7 Å². The molecule has 18 heavy (non-hydrogen) atoms. The highest BCUT2D eigenvalue weighted by Gasteiger charge is 2.10. The van der Waals surface area contributed by atoms with E-state index in [0.29, 0.717) is 0 Å². The molecular weight excluding hydrogens is 222 g/mol. The fourth-order valence-corrected chi connectivity index (χ4v) is 2.08. The lowest BCUT2D eigenvalue weighted by Crippen LogP contribution is -1.78. The molecule has 3 aromatic rings. The fraction of sp³-hybridized carbons (Fsp3) is 0.0625. The van der Waals surface area contributed by atoms with Crippen LogP contribution in [0.2, 0.25) is 0 Å². The van der Waals surface area contributed by atoms with Crippen molar-refractivity contribution in [3.05, 3.63) is 60.2 Å². The number of benzene rings is 2. The molecule has 2 heteroatoms. The van der Waals surface area contributed by atoms with E-state index in [1.54, 1.807) is 0 Å². The Kier molecular flexibility index (Phi) is 2.49. The third kappa shape index (κ3) is 1.72. The molecule has 0 atom stereocenters. The first kappa shape index (κ1) is 10.8. The summed E-state index contributed by atoms with van der Waals surface area (Å²) in [6, 6.07) is 14.2. The highest BCUT2D eigenvalue weighted by atomic mass is 16.5. The van der Waals surface area contributed by atoms with Crippen molar-refractivity contribution in [2.24, 2.45) is 0 Å². The van der Waals surface area contributed by atoms with Crippen LogP contribution >= 0.6 is 0 Å². The van der Waals surface area contributed by atoms with Gasteiger partial charge < -0.3 is 4.52 Å². The van der Waals surface area contributed by atoms with Crippen molar-refractivity contribution in [3.8, 4) is 11.3 Å². The van der Waals surface area contributed by atoms with Crippen LogP contribution in [0.5, 0.6) is 0 Å². The van der Waals surface area contributed by atoms with Crippen LogP contribution in [0.3, 0.4) is 0 Å². The van der Waals surface area contributed by atoms with Gasteiger partial charge in [0.05, 0.1) is 5.39 Å². The smallest absolute Gasteiger partial charge is 0.174 e. The molecule has 0 saturated heterocycles. The van der Waals surface area contributed by atoms with Crippen molar-refractivity contribution in [2.45, 2.75) is 6.92 Å². The van der Waals surface area contributed by atoms with E-state index in [9.17, 15) is 0 Å². The minimum absolute atomic E-state index is 0.817. The molecule has 0 aliphatic heterocycles. The Balaban J connectivity index is 2.26. The predicted octanol–water partition coefficient (Wildman–Crippen LogP) is 4.45. The molecule has 88 valence electrons. The van der Waals surface area contributed by atoms with Gasteiger partial charge in [0.2, 0.25) is 0 Å². The predicted molar refractivity (Wildman–Crippen MR) is 74.3 cm³/mol. The Bertz CT molecular complexity index is 725. The molecule has 0 spiro atoms. The Hall–Kier alpha value is -2.35. The molecule has 3 rings (SSSR count). The van der Waals surface area contributed by atoms with Crippen LogP contribution in [0.25, 0.3) is 28.3 Å². The van der Waals surface area contributed by atoms with E-state index in [-0.39, 0.29) is 0 Å². The first-order chi connectivity index (χ1) is 8.78. The van der Waals surface area contributed by atoms with Crippen LogP contribution in [-0.2, 0) is 0 Å². The number of hydrogen-bond acceptors (Lipinski definition) is 2. The van der Waals surface area contributed by atoms with Crippen LogP contribution in [0.1, 0.15) is 11.1 Å². The monoisotopic (exact) mass is 235 g/mol. The Morgan fingerprint density at radius 1 is 1.17 bits per heavy atom. The summed E-state index contributed by atoms with van der Waals surface area (Å²) in [6.45, 7) is 5.85. The molecular formula is C16H13NO. The van der Waals surface area contributed by atoms with Gasteiger partial charge in [0.1, 0.15) is 5.52 Å². The normalized spacial score (nSPS) is 10.7. The van der Waals surface area contributed by atoms with E-state index in [1.807, 2.05) is 30.3 Å². The molecule has 1 aromatic heterocycles. The maximum atomic E-state index is 5.47. The van der Waals surface area contributed by atoms with E-state index in [2.05, 4.69) is 36.9 Å². The number of aryl methyl sites for hydroxylation is 1. The Labute approximate surface area is 106 Å². The topological polar surface area (TPSA) is 26.0 Å². The van der Waals surface area contributed by atoms with Crippen molar-refractivity contribution < 1.29 is 4.52 Å². The average Bonchev–Trinajstić information content (AvgIpc) is 2.81. The molecule has 0 aliphatic rings. The Morgan fingerprint density at radius 3 is 2.83 bits per heavy atom. The second-order valence-electron chi connectivity index (χ2n) is 4.36. The molecule has 0 fully saturated rings. The molecule has 2 aromatic carbocycles. The largest absolute Gasteiger partial charge is 0.355 e. The first-order valence-electron chi connectivity index (χ1n) is 5.87. The molecule has 0 saturated carbocycles. The summed E-state index contributed by atoms with van der Waals surface area (Å²) in [7, 11) is 0. The maximum Gasteiger partial charge on any atom is 0.174 e. The molecule has 0 unspecified atom stereocenters. The zero-order chi connectivity index (χ0) is 12.5. The third-order valence-corrected chi connectivity index (χ3v) is 3.02. The lowest BCUT2D eigenvalue weighted by Gasteiger charge is -1.99. The van der Waals surface area contributed by atoms with E-state index < -0.39 is 0 Å². The van der Waals surface area contributed by atoms with Crippen LogP contribution < -0.4 is 0 Å². The minimum Gasteiger partial charge on any atom is -0.355 e. The maximum absolute atomic E-state index is 5.47. The third-order valence-electron chi connectivity index (χ3n) is 3.02. The zero-order valence-corrected chi connectivity index (χ0v) is 10.2. The first-order valence-corrected chi connectivity index (χ1v) is 5.87. The van der Waals surface area contributed by atoms with Gasteiger partial charge in [-0.2, -0.15) is 0 Å². The van der Waals surface area contributed by atoms with Gasteiger partial charge in [-0.25, -0.2) is 0 Å². The SMILES string of the molecule is C=Cc1ccc2noc(-c3cccc(C)c3)c2c1. The quantitative estimate of drug-likeness (QED) is 0.656. The number of hydrogen-bond donors (Lipinski definition) is 0. The number of fused-ring (bicyclic) bond motifs is 1. The summed E-state index contributed by atoms with van der Waals surface area (Å²) in [4.78, 5) is 0. The molecule has 0 aliphatic carbocycles. The standard InChI is InChI=1S/C16H13NO/c1-3-12-7-8-15-14(10-12)16(18-17-15)13-6-4-5-11(2)9-13/h3-10H,1H2,2H3. The van der Waals surface area contributed by atoms with Gasteiger partial charge in [-0.15, -0.1) is 0 Å². The minimum atomic E-state index is 0.817. The molecule has 1 heterocycles. The lowest BCUT2D eigenvalue weighted by atomic mass is 10.0. The summed E-state index contributed by atoms with van der Waals surface area (Å²) in [5.74, 6) is 0.817. The van der Waals surface area contributed by atoms with Crippen LogP contribution in [0, 0.1) is 6.92 Å². The molecule has 0 radical (unpaired) electrons. The van der Waals surface area contributed by atoms with Crippen LogP contribution in [0.15, 0.2) is 53.6 Å². The van der Waals surface area contributed by atoms with Crippen LogP contribution in [0.4, 0.5) is 0 Å². The van der Waals surface area contributed by atoms with Gasteiger partial charge in [0.25, 0.3) is 0 Å². The molecule has 2 nitrogen and oxygen atoms in total. The lowest BCUT2D eigenvalue weighted by molar-refractivity contribution is 0.441. The molecule has 0 N–H and O–H groups in total. The van der Waals surface area contributed by atoms with Gasteiger partial charge in [-0.3, -0.25) is 0 Å². The molecule has 0 bridgehead atoms. The van der Waals surface area contributed by atoms with E-state index in [4.69, 9.17) is 4.52 Å². The fourth-order valence-electron chi connectivity index (χ4n) is 2.08. The van der Waals surface area contributed by atoms with Gasteiger partial charge in [0, 0.05) is 5.56 Å². The highest BCUT2D eigenvalue weighted by molar-refractivity contribution is 5.92. The van der Waals surface area contributed by atoms with Crippen molar-refractivity contribution in [3.63, 3.8) is 0 Å². The number of rotatable bonds is 2. The summed E-state index contributed by atoms with van der Waals surface area (Å²) < 4.78 is 5.47. The summed E-state index contributed by atoms with van der Waals surface area (Å²) >= 11 is 0. The van der Waals surface area contributed by atoms with Crippen molar-refractivity contribution in [2.75, 3.05) is 0 Å². The summed E-state index contributed by atoms with van der Waals surface area (Å²) in [5, 5.41) is 5.12. The molecule has 0 amide bonds.